The maximum atomic E-state index is 12.4. The Morgan fingerprint density at radius 1 is 1.19 bits per heavy atom. The molecule has 0 unspecified atom stereocenters. The van der Waals surface area contributed by atoms with Gasteiger partial charge in [0.05, 0.1) is 11.5 Å². The first-order chi connectivity index (χ1) is 9.70. The molecule has 1 fully saturated rings. The average molecular weight is 297 g/mol. The lowest BCUT2D eigenvalue weighted by atomic mass is 9.92. The SMILES string of the molecule is CCNC(=O)C(C)(C)CNC(=O)[C@@H](C)N1[C@H](C)CC[C@@H]1C. The van der Waals surface area contributed by atoms with Crippen LogP contribution in [0.4, 0.5) is 0 Å². The molecular formula is C16H31N3O2. The van der Waals surface area contributed by atoms with Crippen LogP contribution in [0.2, 0.25) is 0 Å². The van der Waals surface area contributed by atoms with Gasteiger partial charge in [-0.15, -0.1) is 0 Å². The van der Waals surface area contributed by atoms with Crippen molar-refractivity contribution in [2.75, 3.05) is 13.1 Å². The topological polar surface area (TPSA) is 61.4 Å². The van der Waals surface area contributed by atoms with Crippen LogP contribution in [0.5, 0.6) is 0 Å². The minimum atomic E-state index is -0.590. The van der Waals surface area contributed by atoms with E-state index in [0.29, 0.717) is 25.2 Å². The third-order valence-electron chi connectivity index (χ3n) is 4.50. The van der Waals surface area contributed by atoms with Gasteiger partial charge in [-0.3, -0.25) is 14.5 Å². The van der Waals surface area contributed by atoms with Crippen LogP contribution in [0.1, 0.15) is 54.4 Å². The Balaban J connectivity index is 2.55. The molecule has 21 heavy (non-hydrogen) atoms. The molecule has 0 aromatic carbocycles. The van der Waals surface area contributed by atoms with Crippen LogP contribution in [0.25, 0.3) is 0 Å². The molecule has 1 aliphatic heterocycles. The minimum absolute atomic E-state index is 0.00738. The molecule has 0 aliphatic carbocycles. The fraction of sp³-hybridized carbons (Fsp3) is 0.875. The Hall–Kier alpha value is -1.10. The lowest BCUT2D eigenvalue weighted by Gasteiger charge is -2.32. The van der Waals surface area contributed by atoms with Crippen molar-refractivity contribution in [1.29, 1.82) is 0 Å². The van der Waals surface area contributed by atoms with E-state index in [2.05, 4.69) is 29.4 Å². The minimum Gasteiger partial charge on any atom is -0.356 e. The molecule has 0 bridgehead atoms. The number of nitrogens with zero attached hydrogens (tertiary/aromatic N) is 1. The summed E-state index contributed by atoms with van der Waals surface area (Å²) in [5, 5.41) is 5.75. The van der Waals surface area contributed by atoms with Gasteiger partial charge in [-0.1, -0.05) is 0 Å². The van der Waals surface area contributed by atoms with Gasteiger partial charge in [0.1, 0.15) is 0 Å². The number of hydrogen-bond donors (Lipinski definition) is 2. The fourth-order valence-electron chi connectivity index (χ4n) is 3.05. The van der Waals surface area contributed by atoms with Crippen LogP contribution in [-0.4, -0.2) is 47.9 Å². The molecule has 0 saturated carbocycles. The monoisotopic (exact) mass is 297 g/mol. The zero-order valence-corrected chi connectivity index (χ0v) is 14.3. The third kappa shape index (κ3) is 4.43. The third-order valence-corrected chi connectivity index (χ3v) is 4.50. The zero-order valence-electron chi connectivity index (χ0n) is 14.3. The molecule has 2 amide bonds. The van der Waals surface area contributed by atoms with E-state index < -0.39 is 5.41 Å². The van der Waals surface area contributed by atoms with Crippen molar-refractivity contribution < 1.29 is 9.59 Å². The van der Waals surface area contributed by atoms with Gasteiger partial charge in [-0.05, 0) is 54.4 Å². The molecule has 5 nitrogen and oxygen atoms in total. The highest BCUT2D eigenvalue weighted by Crippen LogP contribution is 2.26. The summed E-state index contributed by atoms with van der Waals surface area (Å²) in [5.41, 5.74) is -0.590. The largest absolute Gasteiger partial charge is 0.356 e. The van der Waals surface area contributed by atoms with Crippen molar-refractivity contribution >= 4 is 11.8 Å². The van der Waals surface area contributed by atoms with Crippen LogP contribution in [-0.2, 0) is 9.59 Å². The Labute approximate surface area is 128 Å². The van der Waals surface area contributed by atoms with Crippen molar-refractivity contribution in [2.24, 2.45) is 5.41 Å². The average Bonchev–Trinajstić information content (AvgIpc) is 2.75. The Morgan fingerprint density at radius 2 is 1.71 bits per heavy atom. The van der Waals surface area contributed by atoms with Crippen LogP contribution in [0, 0.1) is 5.41 Å². The summed E-state index contributed by atoms with van der Waals surface area (Å²) in [6.07, 6.45) is 2.28. The summed E-state index contributed by atoms with van der Waals surface area (Å²) in [7, 11) is 0. The number of nitrogens with one attached hydrogen (secondary N) is 2. The van der Waals surface area contributed by atoms with E-state index in [4.69, 9.17) is 0 Å². The second-order valence-corrected chi connectivity index (χ2v) is 6.86. The summed E-state index contributed by atoms with van der Waals surface area (Å²) in [6, 6.07) is 0.733. The molecule has 122 valence electrons. The van der Waals surface area contributed by atoms with Crippen molar-refractivity contribution in [3.8, 4) is 0 Å². The molecule has 0 aromatic rings. The lowest BCUT2D eigenvalue weighted by Crippen LogP contribution is -2.52. The normalized spacial score (nSPS) is 24.7. The highest BCUT2D eigenvalue weighted by atomic mass is 16.2. The van der Waals surface area contributed by atoms with Crippen molar-refractivity contribution in [3.63, 3.8) is 0 Å². The molecule has 0 aromatic heterocycles. The van der Waals surface area contributed by atoms with Crippen LogP contribution in [0.15, 0.2) is 0 Å². The molecular weight excluding hydrogens is 266 g/mol. The smallest absolute Gasteiger partial charge is 0.237 e. The van der Waals surface area contributed by atoms with E-state index in [0.717, 1.165) is 12.8 Å². The first-order valence-corrected chi connectivity index (χ1v) is 8.04. The van der Waals surface area contributed by atoms with E-state index in [1.54, 1.807) is 0 Å². The van der Waals surface area contributed by atoms with Crippen molar-refractivity contribution in [1.82, 2.24) is 15.5 Å². The highest BCUT2D eigenvalue weighted by Gasteiger charge is 2.35. The van der Waals surface area contributed by atoms with Crippen molar-refractivity contribution in [3.05, 3.63) is 0 Å². The van der Waals surface area contributed by atoms with Gasteiger partial charge in [0.15, 0.2) is 0 Å². The molecule has 5 heteroatoms. The first-order valence-electron chi connectivity index (χ1n) is 8.04. The quantitative estimate of drug-likeness (QED) is 0.781. The van der Waals surface area contributed by atoms with E-state index >= 15 is 0 Å². The van der Waals surface area contributed by atoms with E-state index in [9.17, 15) is 9.59 Å². The molecule has 1 saturated heterocycles. The molecule has 0 spiro atoms. The highest BCUT2D eigenvalue weighted by molar-refractivity contribution is 5.85. The van der Waals surface area contributed by atoms with Crippen LogP contribution in [0.3, 0.4) is 0 Å². The summed E-state index contributed by atoms with van der Waals surface area (Å²) < 4.78 is 0. The molecule has 2 N–H and O–H groups in total. The number of carbonyl (C=O) groups is 2. The maximum Gasteiger partial charge on any atom is 0.237 e. The molecule has 3 atom stereocenters. The van der Waals surface area contributed by atoms with E-state index in [-0.39, 0.29) is 17.9 Å². The van der Waals surface area contributed by atoms with Gasteiger partial charge in [-0.2, -0.15) is 0 Å². The number of carbonyl (C=O) groups excluding carboxylic acids is 2. The maximum absolute atomic E-state index is 12.4. The van der Waals surface area contributed by atoms with Crippen LogP contribution < -0.4 is 10.6 Å². The summed E-state index contributed by atoms with van der Waals surface area (Å²) >= 11 is 0. The van der Waals surface area contributed by atoms with Gasteiger partial charge in [0.2, 0.25) is 11.8 Å². The number of hydrogen-bond acceptors (Lipinski definition) is 3. The summed E-state index contributed by atoms with van der Waals surface area (Å²) in [6.45, 7) is 12.9. The molecule has 1 rings (SSSR count). The van der Waals surface area contributed by atoms with Gasteiger partial charge >= 0.3 is 0 Å². The summed E-state index contributed by atoms with van der Waals surface area (Å²) in [5.74, 6) is -0.0196. The Bertz CT molecular complexity index is 372. The lowest BCUT2D eigenvalue weighted by molar-refractivity contribution is -0.131. The van der Waals surface area contributed by atoms with E-state index in [1.165, 1.54) is 0 Å². The van der Waals surface area contributed by atoms with Gasteiger partial charge in [0.25, 0.3) is 0 Å². The second kappa shape index (κ2) is 7.25. The van der Waals surface area contributed by atoms with Crippen LogP contribution >= 0.6 is 0 Å². The van der Waals surface area contributed by atoms with Gasteiger partial charge in [0, 0.05) is 25.2 Å². The number of amides is 2. The van der Waals surface area contributed by atoms with E-state index in [1.807, 2.05) is 27.7 Å². The number of rotatable bonds is 6. The Kier molecular flexibility index (Phi) is 6.20. The summed E-state index contributed by atoms with van der Waals surface area (Å²) in [4.78, 5) is 26.6. The molecule has 0 radical (unpaired) electrons. The fourth-order valence-corrected chi connectivity index (χ4v) is 3.05. The predicted octanol–water partition coefficient (Wildman–Crippen LogP) is 1.53. The van der Waals surface area contributed by atoms with Gasteiger partial charge in [-0.25, -0.2) is 0 Å². The zero-order chi connectivity index (χ0) is 16.2. The molecule has 1 aliphatic rings. The first kappa shape index (κ1) is 18.0. The predicted molar refractivity (Wildman–Crippen MR) is 84.9 cm³/mol. The Morgan fingerprint density at radius 3 is 2.19 bits per heavy atom. The second-order valence-electron chi connectivity index (χ2n) is 6.86. The van der Waals surface area contributed by atoms with Gasteiger partial charge < -0.3 is 10.6 Å². The molecule has 1 heterocycles. The van der Waals surface area contributed by atoms with Crippen molar-refractivity contribution in [2.45, 2.75) is 72.5 Å². The number of likely N-dealkylation sites (tertiary alicyclic amines) is 1. The standard InChI is InChI=1S/C16H31N3O2/c1-7-17-15(21)16(5,6)10-18-14(20)13(4)19-11(2)8-9-12(19)3/h11-13H,7-10H2,1-6H3,(H,17,21)(H,18,20)/t11-,12+,13-/m1/s1.